The molecular formula is C17H17I2NO2. The summed E-state index contributed by atoms with van der Waals surface area (Å²) in [7, 11) is 3.41. The van der Waals surface area contributed by atoms with E-state index >= 15 is 0 Å². The summed E-state index contributed by atoms with van der Waals surface area (Å²) in [4.78, 5) is 11.7. The summed E-state index contributed by atoms with van der Waals surface area (Å²) in [5.74, 6) is 6.22. The van der Waals surface area contributed by atoms with Gasteiger partial charge in [0, 0.05) is 24.4 Å². The minimum absolute atomic E-state index is 0.312. The molecular weight excluding hydrogens is 504 g/mol. The number of alkyl halides is 1. The van der Waals surface area contributed by atoms with E-state index in [1.165, 1.54) is 18.0 Å². The number of benzene rings is 1. The van der Waals surface area contributed by atoms with Gasteiger partial charge in [-0.05, 0) is 64.0 Å². The normalized spacial score (nSPS) is 10.4. The number of aromatic nitrogens is 1. The number of esters is 1. The van der Waals surface area contributed by atoms with Gasteiger partial charge in [-0.1, -0.05) is 28.5 Å². The Bertz CT molecular complexity index is 753. The number of carbonyl (C=O) groups excluding carboxylic acids is 1. The van der Waals surface area contributed by atoms with Crippen LogP contribution in [0.15, 0.2) is 18.2 Å². The van der Waals surface area contributed by atoms with Crippen LogP contribution in [0.1, 0.15) is 35.3 Å². The van der Waals surface area contributed by atoms with Crippen molar-refractivity contribution in [1.82, 2.24) is 4.57 Å². The predicted molar refractivity (Wildman–Crippen MR) is 107 cm³/mol. The van der Waals surface area contributed by atoms with Gasteiger partial charge >= 0.3 is 5.97 Å². The van der Waals surface area contributed by atoms with Gasteiger partial charge in [0.2, 0.25) is 0 Å². The smallest absolute Gasteiger partial charge is 0.337 e. The molecule has 0 aliphatic heterocycles. The van der Waals surface area contributed by atoms with E-state index in [9.17, 15) is 4.79 Å². The molecule has 0 saturated heterocycles. The molecule has 0 aliphatic rings. The molecule has 2 rings (SSSR count). The third kappa shape index (κ3) is 3.77. The van der Waals surface area contributed by atoms with E-state index < -0.39 is 0 Å². The molecule has 2 aromatic rings. The lowest BCUT2D eigenvalue weighted by Gasteiger charge is -2.00. The number of hydrogen-bond acceptors (Lipinski definition) is 2. The molecule has 1 aromatic carbocycles. The maximum absolute atomic E-state index is 11.7. The van der Waals surface area contributed by atoms with Crippen LogP contribution in [0.3, 0.4) is 0 Å². The average molecular weight is 521 g/mol. The Kier molecular flexibility index (Phi) is 6.56. The Hall–Kier alpha value is -0.750. The van der Waals surface area contributed by atoms with Gasteiger partial charge in [0.05, 0.1) is 16.2 Å². The first-order chi connectivity index (χ1) is 10.6. The molecule has 0 radical (unpaired) electrons. The highest BCUT2D eigenvalue weighted by Gasteiger charge is 2.14. The van der Waals surface area contributed by atoms with E-state index in [-0.39, 0.29) is 5.97 Å². The monoisotopic (exact) mass is 521 g/mol. The highest BCUT2D eigenvalue weighted by Crippen LogP contribution is 2.27. The van der Waals surface area contributed by atoms with Crippen molar-refractivity contribution < 1.29 is 9.53 Å². The minimum atomic E-state index is -0.312. The molecule has 0 N–H and O–H groups in total. The van der Waals surface area contributed by atoms with Crippen molar-refractivity contribution in [2.75, 3.05) is 11.5 Å². The van der Waals surface area contributed by atoms with Crippen LogP contribution in [-0.4, -0.2) is 22.1 Å². The zero-order valence-electron chi connectivity index (χ0n) is 12.6. The largest absolute Gasteiger partial charge is 0.465 e. The summed E-state index contributed by atoms with van der Waals surface area (Å²) < 4.78 is 9.14. The second-order valence-corrected chi connectivity index (χ2v) is 7.05. The number of carbonyl (C=O) groups is 1. The lowest BCUT2D eigenvalue weighted by atomic mass is 10.1. The molecule has 5 heteroatoms. The molecule has 116 valence electrons. The van der Waals surface area contributed by atoms with Crippen molar-refractivity contribution >= 4 is 62.1 Å². The number of halogens is 2. The zero-order chi connectivity index (χ0) is 16.1. The van der Waals surface area contributed by atoms with Crippen LogP contribution in [0, 0.1) is 15.4 Å². The first-order valence-electron chi connectivity index (χ1n) is 7.01. The SMILES string of the molecule is COC(=O)c1ccc2c(c1)c(I)c(C#CCCCCI)n2C. The highest BCUT2D eigenvalue weighted by molar-refractivity contribution is 14.1. The maximum atomic E-state index is 11.7. The summed E-state index contributed by atoms with van der Waals surface area (Å²) >= 11 is 4.69. The summed E-state index contributed by atoms with van der Waals surface area (Å²) in [6.45, 7) is 0. The minimum Gasteiger partial charge on any atom is -0.465 e. The number of aryl methyl sites for hydroxylation is 1. The first-order valence-corrected chi connectivity index (χ1v) is 9.61. The van der Waals surface area contributed by atoms with Crippen LogP contribution in [0.4, 0.5) is 0 Å². The van der Waals surface area contributed by atoms with Crippen molar-refractivity contribution in [3.8, 4) is 11.8 Å². The quantitative estimate of drug-likeness (QED) is 0.195. The second-order valence-electron chi connectivity index (χ2n) is 4.89. The fourth-order valence-corrected chi connectivity index (χ4v) is 3.71. The number of methoxy groups -OCH3 is 1. The molecule has 0 spiro atoms. The molecule has 0 amide bonds. The first kappa shape index (κ1) is 17.6. The average Bonchev–Trinajstić information content (AvgIpc) is 2.78. The summed E-state index contributed by atoms with van der Waals surface area (Å²) in [6.07, 6.45) is 3.28. The lowest BCUT2D eigenvalue weighted by Crippen LogP contribution is -2.00. The fourth-order valence-electron chi connectivity index (χ4n) is 2.24. The topological polar surface area (TPSA) is 31.2 Å². The molecule has 1 aromatic heterocycles. The van der Waals surface area contributed by atoms with Crippen LogP contribution >= 0.6 is 45.2 Å². The molecule has 0 aliphatic carbocycles. The Labute approximate surface area is 158 Å². The van der Waals surface area contributed by atoms with Crippen LogP contribution in [-0.2, 0) is 11.8 Å². The second kappa shape index (κ2) is 8.20. The number of hydrogen-bond donors (Lipinski definition) is 0. The van der Waals surface area contributed by atoms with Gasteiger partial charge in [-0.25, -0.2) is 4.79 Å². The third-order valence-electron chi connectivity index (χ3n) is 3.45. The van der Waals surface area contributed by atoms with Crippen molar-refractivity contribution in [1.29, 1.82) is 0 Å². The summed E-state index contributed by atoms with van der Waals surface area (Å²) in [6, 6.07) is 5.62. The zero-order valence-corrected chi connectivity index (χ0v) is 16.9. The molecule has 0 bridgehead atoms. The van der Waals surface area contributed by atoms with Gasteiger partial charge in [0.25, 0.3) is 0 Å². The fraction of sp³-hybridized carbons (Fsp3) is 0.353. The molecule has 1 heterocycles. The van der Waals surface area contributed by atoms with E-state index in [0.29, 0.717) is 5.56 Å². The number of fused-ring (bicyclic) bond motifs is 1. The Morgan fingerprint density at radius 2 is 2.14 bits per heavy atom. The van der Waals surface area contributed by atoms with E-state index in [1.807, 2.05) is 19.2 Å². The van der Waals surface area contributed by atoms with Crippen molar-refractivity contribution in [2.45, 2.75) is 19.3 Å². The number of unbranched alkanes of at least 4 members (excludes halogenated alkanes) is 2. The van der Waals surface area contributed by atoms with Gasteiger partial charge in [0.1, 0.15) is 5.69 Å². The number of rotatable bonds is 4. The van der Waals surface area contributed by atoms with E-state index in [4.69, 9.17) is 4.74 Å². The Balaban J connectivity index is 2.38. The summed E-state index contributed by atoms with van der Waals surface area (Å²) in [5.41, 5.74) is 2.65. The molecule has 0 unspecified atom stereocenters. The number of ether oxygens (including phenoxy) is 1. The molecule has 0 fully saturated rings. The molecule has 0 atom stereocenters. The van der Waals surface area contributed by atoms with Crippen molar-refractivity contribution in [3.63, 3.8) is 0 Å². The molecule has 0 saturated carbocycles. The third-order valence-corrected chi connectivity index (χ3v) is 5.31. The van der Waals surface area contributed by atoms with Crippen LogP contribution < -0.4 is 0 Å². The van der Waals surface area contributed by atoms with Crippen molar-refractivity contribution in [3.05, 3.63) is 33.0 Å². The van der Waals surface area contributed by atoms with E-state index in [1.54, 1.807) is 6.07 Å². The van der Waals surface area contributed by atoms with E-state index in [0.717, 1.165) is 33.0 Å². The van der Waals surface area contributed by atoms with Crippen LogP contribution in [0.5, 0.6) is 0 Å². The molecule has 3 nitrogen and oxygen atoms in total. The van der Waals surface area contributed by atoms with Crippen LogP contribution in [0.25, 0.3) is 10.9 Å². The maximum Gasteiger partial charge on any atom is 0.337 e. The Morgan fingerprint density at radius 3 is 2.82 bits per heavy atom. The highest BCUT2D eigenvalue weighted by atomic mass is 127. The molecule has 22 heavy (non-hydrogen) atoms. The Morgan fingerprint density at radius 1 is 1.36 bits per heavy atom. The van der Waals surface area contributed by atoms with Crippen LogP contribution in [0.2, 0.25) is 0 Å². The van der Waals surface area contributed by atoms with Gasteiger partial charge < -0.3 is 9.30 Å². The number of nitrogens with zero attached hydrogens (tertiary/aromatic N) is 1. The van der Waals surface area contributed by atoms with E-state index in [2.05, 4.69) is 61.6 Å². The van der Waals surface area contributed by atoms with Gasteiger partial charge in [-0.3, -0.25) is 0 Å². The van der Waals surface area contributed by atoms with Gasteiger partial charge in [0.15, 0.2) is 0 Å². The van der Waals surface area contributed by atoms with Crippen molar-refractivity contribution in [2.24, 2.45) is 7.05 Å². The lowest BCUT2D eigenvalue weighted by molar-refractivity contribution is 0.0601. The van der Waals surface area contributed by atoms with Gasteiger partial charge in [-0.15, -0.1) is 0 Å². The summed E-state index contributed by atoms with van der Waals surface area (Å²) in [5, 5.41) is 1.04. The standard InChI is InChI=1S/C17H17I2NO2/c1-20-14-9-8-12(17(21)22-2)11-13(14)16(19)15(20)7-5-3-4-6-10-18/h8-9,11H,3-4,6,10H2,1-2H3. The van der Waals surface area contributed by atoms with Gasteiger partial charge in [-0.2, -0.15) is 0 Å². The predicted octanol–water partition coefficient (Wildman–Crippen LogP) is 4.53.